The fourth-order valence-corrected chi connectivity index (χ4v) is 1.92. The van der Waals surface area contributed by atoms with Gasteiger partial charge in [-0.25, -0.2) is 4.98 Å². The molecule has 92 valence electrons. The Morgan fingerprint density at radius 3 is 2.78 bits per heavy atom. The standard InChI is InChI=1S/C13H13N3OS/c1-2-12(17)16-11-5-3-10(4-6-11)9-15-13-14-7-8-18-13/h2-8H,1,9H2,(H,14,15)(H,16,17). The van der Waals surface area contributed by atoms with E-state index in [0.717, 1.165) is 16.4 Å². The molecule has 18 heavy (non-hydrogen) atoms. The topological polar surface area (TPSA) is 54.0 Å². The molecule has 2 aromatic rings. The van der Waals surface area contributed by atoms with Gasteiger partial charge in [0.25, 0.3) is 0 Å². The van der Waals surface area contributed by atoms with Crippen LogP contribution in [0.4, 0.5) is 10.8 Å². The molecule has 0 aliphatic carbocycles. The number of hydrogen-bond donors (Lipinski definition) is 2. The van der Waals surface area contributed by atoms with E-state index in [4.69, 9.17) is 0 Å². The van der Waals surface area contributed by atoms with Crippen LogP contribution in [0, 0.1) is 0 Å². The maximum atomic E-state index is 11.1. The first kappa shape index (κ1) is 12.3. The Balaban J connectivity index is 1.91. The minimum absolute atomic E-state index is 0.205. The van der Waals surface area contributed by atoms with Crippen LogP contribution >= 0.6 is 11.3 Å². The first-order valence-corrected chi connectivity index (χ1v) is 6.31. The second-order valence-corrected chi connectivity index (χ2v) is 4.48. The van der Waals surface area contributed by atoms with Crippen molar-refractivity contribution in [2.45, 2.75) is 6.54 Å². The van der Waals surface area contributed by atoms with Gasteiger partial charge in [0.05, 0.1) is 0 Å². The van der Waals surface area contributed by atoms with Crippen LogP contribution in [0.2, 0.25) is 0 Å². The van der Waals surface area contributed by atoms with Crippen molar-refractivity contribution in [3.05, 3.63) is 54.1 Å². The second kappa shape index (κ2) is 5.97. The van der Waals surface area contributed by atoms with Crippen LogP contribution in [0.5, 0.6) is 0 Å². The fraction of sp³-hybridized carbons (Fsp3) is 0.0769. The van der Waals surface area contributed by atoms with Crippen LogP contribution in [0.3, 0.4) is 0 Å². The van der Waals surface area contributed by atoms with Gasteiger partial charge in [-0.2, -0.15) is 0 Å². The summed E-state index contributed by atoms with van der Waals surface area (Å²) in [6.07, 6.45) is 3.01. The van der Waals surface area contributed by atoms with Crippen LogP contribution in [-0.4, -0.2) is 10.9 Å². The zero-order valence-electron chi connectivity index (χ0n) is 9.72. The van der Waals surface area contributed by atoms with Gasteiger partial charge in [-0.3, -0.25) is 4.79 Å². The molecule has 2 N–H and O–H groups in total. The molecule has 0 saturated heterocycles. The van der Waals surface area contributed by atoms with E-state index in [1.807, 2.05) is 29.6 Å². The van der Waals surface area contributed by atoms with E-state index < -0.39 is 0 Å². The molecule has 0 aliphatic rings. The molecule has 0 radical (unpaired) electrons. The number of carbonyl (C=O) groups excluding carboxylic acids is 1. The maximum Gasteiger partial charge on any atom is 0.247 e. The van der Waals surface area contributed by atoms with Gasteiger partial charge >= 0.3 is 0 Å². The summed E-state index contributed by atoms with van der Waals surface area (Å²) in [4.78, 5) is 15.2. The smallest absolute Gasteiger partial charge is 0.247 e. The van der Waals surface area contributed by atoms with E-state index >= 15 is 0 Å². The zero-order valence-corrected chi connectivity index (χ0v) is 10.5. The lowest BCUT2D eigenvalue weighted by Crippen LogP contribution is -2.07. The van der Waals surface area contributed by atoms with Crippen molar-refractivity contribution in [1.29, 1.82) is 0 Å². The normalized spacial score (nSPS) is 9.78. The second-order valence-electron chi connectivity index (χ2n) is 3.58. The highest BCUT2D eigenvalue weighted by Gasteiger charge is 1.98. The molecule has 5 heteroatoms. The highest BCUT2D eigenvalue weighted by atomic mass is 32.1. The van der Waals surface area contributed by atoms with Crippen molar-refractivity contribution in [3.63, 3.8) is 0 Å². The molecular formula is C13H13N3OS. The number of rotatable bonds is 5. The molecule has 0 spiro atoms. The van der Waals surface area contributed by atoms with Crippen LogP contribution in [0.15, 0.2) is 48.5 Å². The third-order valence-corrected chi connectivity index (χ3v) is 3.01. The highest BCUT2D eigenvalue weighted by molar-refractivity contribution is 7.13. The average molecular weight is 259 g/mol. The van der Waals surface area contributed by atoms with Gasteiger partial charge in [-0.1, -0.05) is 18.7 Å². The van der Waals surface area contributed by atoms with Crippen molar-refractivity contribution in [2.24, 2.45) is 0 Å². The quantitative estimate of drug-likeness (QED) is 0.812. The third kappa shape index (κ3) is 3.43. The van der Waals surface area contributed by atoms with Gasteiger partial charge in [0, 0.05) is 23.8 Å². The van der Waals surface area contributed by atoms with E-state index in [1.54, 1.807) is 17.5 Å². The van der Waals surface area contributed by atoms with Crippen LogP contribution in [0.1, 0.15) is 5.56 Å². The fourth-order valence-electron chi connectivity index (χ4n) is 1.39. The summed E-state index contributed by atoms with van der Waals surface area (Å²) >= 11 is 1.57. The Labute approximate surface area is 109 Å². The zero-order chi connectivity index (χ0) is 12.8. The lowest BCUT2D eigenvalue weighted by Gasteiger charge is -2.05. The van der Waals surface area contributed by atoms with Gasteiger partial charge in [0.2, 0.25) is 5.91 Å². The van der Waals surface area contributed by atoms with Crippen LogP contribution < -0.4 is 10.6 Å². The number of thiazole rings is 1. The van der Waals surface area contributed by atoms with E-state index in [2.05, 4.69) is 22.2 Å². The largest absolute Gasteiger partial charge is 0.357 e. The third-order valence-electron chi connectivity index (χ3n) is 2.28. The molecule has 1 aromatic carbocycles. The Kier molecular flexibility index (Phi) is 4.09. The predicted molar refractivity (Wildman–Crippen MR) is 74.7 cm³/mol. The van der Waals surface area contributed by atoms with Gasteiger partial charge in [0.15, 0.2) is 5.13 Å². The Morgan fingerprint density at radius 2 is 2.17 bits per heavy atom. The van der Waals surface area contributed by atoms with E-state index in [0.29, 0.717) is 6.54 Å². The lowest BCUT2D eigenvalue weighted by atomic mass is 10.2. The molecule has 0 aliphatic heterocycles. The summed E-state index contributed by atoms with van der Waals surface area (Å²) in [5.74, 6) is -0.205. The van der Waals surface area contributed by atoms with Crippen molar-refractivity contribution in [3.8, 4) is 0 Å². The molecule has 1 aromatic heterocycles. The summed E-state index contributed by atoms with van der Waals surface area (Å²) in [6.45, 7) is 4.12. The molecule has 0 bridgehead atoms. The minimum Gasteiger partial charge on any atom is -0.357 e. The molecule has 0 unspecified atom stereocenters. The monoisotopic (exact) mass is 259 g/mol. The Hall–Kier alpha value is -2.14. The van der Waals surface area contributed by atoms with Gasteiger partial charge in [0.1, 0.15) is 0 Å². The highest BCUT2D eigenvalue weighted by Crippen LogP contribution is 2.14. The minimum atomic E-state index is -0.205. The Morgan fingerprint density at radius 1 is 1.39 bits per heavy atom. The number of anilines is 2. The van der Waals surface area contributed by atoms with Gasteiger partial charge in [-0.15, -0.1) is 11.3 Å². The summed E-state index contributed by atoms with van der Waals surface area (Å²) in [5, 5.41) is 8.75. The van der Waals surface area contributed by atoms with Gasteiger partial charge in [-0.05, 0) is 23.8 Å². The van der Waals surface area contributed by atoms with Crippen molar-refractivity contribution in [1.82, 2.24) is 4.98 Å². The number of nitrogens with one attached hydrogen (secondary N) is 2. The van der Waals surface area contributed by atoms with Crippen molar-refractivity contribution in [2.75, 3.05) is 10.6 Å². The predicted octanol–water partition coefficient (Wildman–Crippen LogP) is 2.88. The number of aromatic nitrogens is 1. The summed E-state index contributed by atoms with van der Waals surface area (Å²) in [7, 11) is 0. The summed E-state index contributed by atoms with van der Waals surface area (Å²) in [5.41, 5.74) is 1.89. The van der Waals surface area contributed by atoms with Crippen molar-refractivity contribution < 1.29 is 4.79 Å². The van der Waals surface area contributed by atoms with Crippen LogP contribution in [0.25, 0.3) is 0 Å². The average Bonchev–Trinajstić information content (AvgIpc) is 2.91. The van der Waals surface area contributed by atoms with E-state index in [1.165, 1.54) is 6.08 Å². The molecular weight excluding hydrogens is 246 g/mol. The number of carbonyl (C=O) groups is 1. The molecule has 1 heterocycles. The van der Waals surface area contributed by atoms with Gasteiger partial charge < -0.3 is 10.6 Å². The first-order chi connectivity index (χ1) is 8.78. The first-order valence-electron chi connectivity index (χ1n) is 5.43. The lowest BCUT2D eigenvalue weighted by molar-refractivity contribution is -0.111. The SMILES string of the molecule is C=CC(=O)Nc1ccc(CNc2nccs2)cc1. The van der Waals surface area contributed by atoms with E-state index in [9.17, 15) is 4.79 Å². The molecule has 0 saturated carbocycles. The number of amides is 1. The molecule has 0 atom stereocenters. The molecule has 4 nitrogen and oxygen atoms in total. The number of hydrogen-bond acceptors (Lipinski definition) is 4. The van der Waals surface area contributed by atoms with Crippen molar-refractivity contribution >= 4 is 28.1 Å². The molecule has 2 rings (SSSR count). The number of nitrogens with zero attached hydrogens (tertiary/aromatic N) is 1. The van der Waals surface area contributed by atoms with Crippen LogP contribution in [-0.2, 0) is 11.3 Å². The Bertz CT molecular complexity index is 520. The summed E-state index contributed by atoms with van der Waals surface area (Å²) < 4.78 is 0. The number of benzene rings is 1. The maximum absolute atomic E-state index is 11.1. The molecule has 0 fully saturated rings. The van der Waals surface area contributed by atoms with E-state index in [-0.39, 0.29) is 5.91 Å². The summed E-state index contributed by atoms with van der Waals surface area (Å²) in [6, 6.07) is 7.64. The molecule has 1 amide bonds.